The van der Waals surface area contributed by atoms with E-state index < -0.39 is 0 Å². The number of benzene rings is 2. The molecule has 0 spiro atoms. The van der Waals surface area contributed by atoms with E-state index in [9.17, 15) is 0 Å². The van der Waals surface area contributed by atoms with Gasteiger partial charge in [-0.2, -0.15) is 46.6 Å². The summed E-state index contributed by atoms with van der Waals surface area (Å²) in [5, 5.41) is 8.70. The predicted octanol–water partition coefficient (Wildman–Crippen LogP) is 4.34. The Balaban J connectivity index is 0.00000192. The van der Waals surface area contributed by atoms with Gasteiger partial charge in [0.2, 0.25) is 0 Å². The van der Waals surface area contributed by atoms with E-state index in [-0.39, 0.29) is 25.1 Å². The molecule has 7 heteroatoms. The maximum absolute atomic E-state index is 4.35. The van der Waals surface area contributed by atoms with Crippen molar-refractivity contribution in [3.63, 3.8) is 0 Å². The first-order valence-electron chi connectivity index (χ1n) is 8.69. The van der Waals surface area contributed by atoms with Crippen LogP contribution in [0.3, 0.4) is 0 Å². The van der Waals surface area contributed by atoms with Gasteiger partial charge >= 0.3 is 21.1 Å². The minimum absolute atomic E-state index is 0. The van der Waals surface area contributed by atoms with E-state index in [4.69, 9.17) is 0 Å². The molecule has 5 rings (SSSR count). The second-order valence-corrected chi connectivity index (χ2v) is 8.99. The van der Waals surface area contributed by atoms with Gasteiger partial charge in [0.25, 0.3) is 0 Å². The van der Waals surface area contributed by atoms with E-state index in [2.05, 4.69) is 46.6 Å². The molecule has 1 saturated heterocycles. The van der Waals surface area contributed by atoms with Gasteiger partial charge in [-0.1, -0.05) is 0 Å². The van der Waals surface area contributed by atoms with Crippen molar-refractivity contribution in [3.8, 4) is 11.4 Å². The van der Waals surface area contributed by atoms with Gasteiger partial charge < -0.3 is 0 Å². The van der Waals surface area contributed by atoms with Crippen molar-refractivity contribution in [1.82, 2.24) is 19.6 Å². The molecule has 0 radical (unpaired) electrons. The second-order valence-electron chi connectivity index (χ2n) is 6.11. The minimum atomic E-state index is -0.216. The number of nitrogens with zero attached hydrogens (tertiary/aromatic N) is 4. The summed E-state index contributed by atoms with van der Waals surface area (Å²) >= 11 is 3.90. The zero-order valence-corrected chi connectivity index (χ0v) is 18.7. The van der Waals surface area contributed by atoms with Crippen LogP contribution >= 0.6 is 23.5 Å². The van der Waals surface area contributed by atoms with Crippen LogP contribution in [0.25, 0.3) is 11.4 Å². The van der Waals surface area contributed by atoms with Crippen molar-refractivity contribution >= 4 is 23.5 Å². The molecule has 0 atom stereocenters. The fourth-order valence-electron chi connectivity index (χ4n) is 3.26. The van der Waals surface area contributed by atoms with Crippen molar-refractivity contribution in [2.45, 2.75) is 4.08 Å². The smallest absolute Gasteiger partial charge is 0.266 e. The van der Waals surface area contributed by atoms with E-state index in [1.165, 1.54) is 0 Å². The number of aromatic nitrogens is 4. The van der Waals surface area contributed by atoms with Gasteiger partial charge in [0.15, 0.2) is 0 Å². The van der Waals surface area contributed by atoms with Crippen LogP contribution in [0.5, 0.6) is 0 Å². The first-order valence-corrected chi connectivity index (χ1v) is 10.7. The molecule has 1 aliphatic rings. The molecule has 142 valence electrons. The molecule has 1 aliphatic heterocycles. The third-order valence-electron chi connectivity index (χ3n) is 4.47. The zero-order valence-electron chi connectivity index (χ0n) is 14.8. The van der Waals surface area contributed by atoms with Crippen molar-refractivity contribution in [2.75, 3.05) is 11.5 Å². The van der Waals surface area contributed by atoms with Crippen molar-refractivity contribution < 1.29 is 21.1 Å². The molecule has 2 aromatic carbocycles. The molecule has 0 bridgehead atoms. The molecular formula is C21H16N4PtS2. The third-order valence-corrected chi connectivity index (χ3v) is 7.94. The quantitative estimate of drug-likeness (QED) is 0.335. The fourth-order valence-corrected chi connectivity index (χ4v) is 6.43. The van der Waals surface area contributed by atoms with Gasteiger partial charge in [-0.3, -0.25) is 9.36 Å². The Bertz CT molecular complexity index is 962. The van der Waals surface area contributed by atoms with Gasteiger partial charge in [-0.25, -0.2) is 0 Å². The Morgan fingerprint density at radius 3 is 1.68 bits per heavy atom. The molecule has 3 heterocycles. The maximum atomic E-state index is 4.35. The molecular weight excluding hydrogens is 567 g/mol. The summed E-state index contributed by atoms with van der Waals surface area (Å²) in [5.74, 6) is 2.20. The monoisotopic (exact) mass is 583 g/mol. The van der Waals surface area contributed by atoms with Crippen molar-refractivity contribution in [3.05, 3.63) is 96.6 Å². The molecule has 2 aromatic heterocycles. The van der Waals surface area contributed by atoms with E-state index >= 15 is 0 Å². The topological polar surface area (TPSA) is 35.6 Å². The van der Waals surface area contributed by atoms with E-state index in [1.54, 1.807) is 12.4 Å². The number of hydrogen-bond donors (Lipinski definition) is 0. The van der Waals surface area contributed by atoms with Crippen LogP contribution in [-0.2, 0) is 25.1 Å². The van der Waals surface area contributed by atoms with Crippen LogP contribution in [-0.4, -0.2) is 31.1 Å². The summed E-state index contributed by atoms with van der Waals surface area (Å²) in [5.41, 5.74) is 4.20. The van der Waals surface area contributed by atoms with Crippen LogP contribution in [0.1, 0.15) is 11.1 Å². The fraction of sp³-hybridized carbons (Fsp3) is 0.143. The predicted molar refractivity (Wildman–Crippen MR) is 110 cm³/mol. The number of thioether (sulfide) groups is 2. The van der Waals surface area contributed by atoms with E-state index in [1.807, 2.05) is 69.5 Å². The third kappa shape index (κ3) is 3.49. The Kier molecular flexibility index (Phi) is 5.81. The number of hydrogen-bond acceptors (Lipinski definition) is 4. The van der Waals surface area contributed by atoms with Crippen molar-refractivity contribution in [1.29, 1.82) is 0 Å². The molecule has 4 nitrogen and oxygen atoms in total. The summed E-state index contributed by atoms with van der Waals surface area (Å²) in [6, 6.07) is 23.6. The minimum Gasteiger partial charge on any atom is -0.266 e. The molecule has 4 aromatic rings. The molecule has 0 amide bonds. The Morgan fingerprint density at radius 1 is 0.750 bits per heavy atom. The molecule has 0 N–H and O–H groups in total. The van der Waals surface area contributed by atoms with Gasteiger partial charge in [0.1, 0.15) is 0 Å². The summed E-state index contributed by atoms with van der Waals surface area (Å²) < 4.78 is 3.49. The Hall–Kier alpha value is -1.75. The van der Waals surface area contributed by atoms with E-state index in [0.29, 0.717) is 0 Å². The first kappa shape index (κ1) is 19.6. The maximum Gasteiger partial charge on any atom is 2.00 e. The summed E-state index contributed by atoms with van der Waals surface area (Å²) in [6.07, 6.45) is 7.47. The van der Waals surface area contributed by atoms with Crippen LogP contribution in [0.15, 0.2) is 73.3 Å². The average Bonchev–Trinajstić information content (AvgIpc) is 3.51. The summed E-state index contributed by atoms with van der Waals surface area (Å²) in [6.45, 7) is 0. The SMILES string of the molecule is [Pt+2].[c-]1c(-n2cccn2)cccc1C1(c2[c-]c(-n3cccn3)ccc2)SCCS1. The largest absolute Gasteiger partial charge is 2.00 e. The van der Waals surface area contributed by atoms with Gasteiger partial charge in [-0.05, 0) is 23.5 Å². The summed E-state index contributed by atoms with van der Waals surface area (Å²) in [7, 11) is 0. The van der Waals surface area contributed by atoms with E-state index in [0.717, 1.165) is 34.0 Å². The van der Waals surface area contributed by atoms with Gasteiger partial charge in [0, 0.05) is 36.3 Å². The first-order chi connectivity index (χ1) is 13.4. The summed E-state index contributed by atoms with van der Waals surface area (Å²) in [4.78, 5) is 0. The second kappa shape index (κ2) is 8.32. The van der Waals surface area contributed by atoms with Crippen LogP contribution in [0, 0.1) is 12.1 Å². The van der Waals surface area contributed by atoms with Crippen LogP contribution in [0.2, 0.25) is 0 Å². The number of rotatable bonds is 4. The van der Waals surface area contributed by atoms with Crippen LogP contribution in [0.4, 0.5) is 0 Å². The Morgan fingerprint density at radius 2 is 1.25 bits per heavy atom. The van der Waals surface area contributed by atoms with Gasteiger partial charge in [-0.15, -0.1) is 46.8 Å². The molecule has 1 fully saturated rings. The standard InChI is InChI=1S/C21H16N4S2.Pt/c1-5-17(15-19(7-1)24-11-3-9-22-24)21(26-13-14-27-21)18-6-2-8-20(16-18)25-12-4-10-23-25;/h1-12H,13-14H2;/q-2;+2. The average molecular weight is 584 g/mol. The Labute approximate surface area is 187 Å². The van der Waals surface area contributed by atoms with Crippen molar-refractivity contribution in [2.24, 2.45) is 0 Å². The van der Waals surface area contributed by atoms with Crippen LogP contribution < -0.4 is 0 Å². The molecule has 0 unspecified atom stereocenters. The van der Waals surface area contributed by atoms with Gasteiger partial charge in [0.05, 0.1) is 4.08 Å². The zero-order chi connectivity index (χ0) is 18.1. The molecule has 28 heavy (non-hydrogen) atoms. The normalized spacial score (nSPS) is 15.3. The molecule has 0 saturated carbocycles. The molecule has 0 aliphatic carbocycles.